The number of benzene rings is 2. The number of ether oxygens (including phenoxy) is 1. The molecule has 3 aliphatic rings. The first-order chi connectivity index (χ1) is 20.6. The molecule has 0 bridgehead atoms. The molecule has 3 aromatic rings. The predicted octanol–water partition coefficient (Wildman–Crippen LogP) is 7.45. The minimum Gasteiger partial charge on any atom is -0.477 e. The minimum atomic E-state index is -3.96. The number of fused-ring (bicyclic) bond motifs is 1. The number of likely N-dealkylation sites (N-methyl/N-ethyl adjacent to an activating group) is 1. The second-order valence-corrected chi connectivity index (χ2v) is 15.0. The molecule has 2 aliphatic carbocycles. The maximum atomic E-state index is 14.3. The Balaban J connectivity index is 1.43. The van der Waals surface area contributed by atoms with Gasteiger partial charge in [-0.1, -0.05) is 49.1 Å². The number of thiophene rings is 1. The van der Waals surface area contributed by atoms with Crippen LogP contribution < -0.4 is 10.2 Å². The van der Waals surface area contributed by atoms with Gasteiger partial charge in [0, 0.05) is 35.8 Å². The number of carboxylic acid groups (broad SMARTS) is 1. The zero-order chi connectivity index (χ0) is 30.3. The summed E-state index contributed by atoms with van der Waals surface area (Å²) in [6, 6.07) is 14.1. The molecule has 2 heterocycles. The van der Waals surface area contributed by atoms with E-state index in [-0.39, 0.29) is 39.0 Å². The third kappa shape index (κ3) is 6.13. The monoisotopic (exact) mass is 643 g/mol. The molecule has 2 N–H and O–H groups in total. The highest BCUT2D eigenvalue weighted by molar-refractivity contribution is 7.89. The van der Waals surface area contributed by atoms with Crippen molar-refractivity contribution in [2.24, 2.45) is 11.8 Å². The molecule has 1 aromatic heterocycles. The number of carbonyl (C=O) groups excluding carboxylic acids is 1. The molecule has 2 fully saturated rings. The zero-order valence-electron chi connectivity index (χ0n) is 23.8. The molecule has 9 nitrogen and oxygen atoms in total. The second kappa shape index (κ2) is 12.1. The summed E-state index contributed by atoms with van der Waals surface area (Å²) < 4.78 is 35.3. The fraction of sp³-hybridized carbons (Fsp3) is 0.419. The van der Waals surface area contributed by atoms with Gasteiger partial charge in [0.25, 0.3) is 0 Å². The minimum absolute atomic E-state index is 0.0718. The normalized spacial score (nSPS) is 20.7. The van der Waals surface area contributed by atoms with Gasteiger partial charge < -0.3 is 14.7 Å². The summed E-state index contributed by atoms with van der Waals surface area (Å²) in [5, 5.41) is 12.7. The van der Waals surface area contributed by atoms with Crippen molar-refractivity contribution >= 4 is 62.1 Å². The lowest BCUT2D eigenvalue weighted by Crippen LogP contribution is -2.46. The smallest absolute Gasteiger partial charge is 0.411 e. The van der Waals surface area contributed by atoms with Crippen LogP contribution in [-0.4, -0.2) is 56.1 Å². The lowest BCUT2D eigenvalue weighted by molar-refractivity contribution is 0.0703. The van der Waals surface area contributed by atoms with Crippen molar-refractivity contribution in [3.05, 3.63) is 58.4 Å². The molecule has 6 rings (SSSR count). The molecule has 43 heavy (non-hydrogen) atoms. The van der Waals surface area contributed by atoms with E-state index in [0.717, 1.165) is 62.0 Å². The Morgan fingerprint density at radius 1 is 1.07 bits per heavy atom. The molecular formula is C31H34ClN3O6S2. The van der Waals surface area contributed by atoms with Gasteiger partial charge in [0.1, 0.15) is 9.77 Å². The maximum Gasteiger partial charge on any atom is 0.411 e. The number of halogens is 1. The van der Waals surface area contributed by atoms with Crippen molar-refractivity contribution in [1.82, 2.24) is 4.31 Å². The van der Waals surface area contributed by atoms with E-state index in [1.165, 1.54) is 16.4 Å². The van der Waals surface area contributed by atoms with E-state index in [1.54, 1.807) is 13.1 Å². The molecule has 12 heteroatoms. The molecule has 228 valence electrons. The molecular weight excluding hydrogens is 610 g/mol. The first-order valence-corrected chi connectivity index (χ1v) is 17.2. The molecule has 1 aliphatic heterocycles. The van der Waals surface area contributed by atoms with Crippen LogP contribution in [0.3, 0.4) is 0 Å². The molecule has 2 aromatic carbocycles. The lowest BCUT2D eigenvalue weighted by Gasteiger charge is -2.36. The fourth-order valence-electron chi connectivity index (χ4n) is 6.10. The van der Waals surface area contributed by atoms with Crippen LogP contribution >= 0.6 is 22.9 Å². The number of hydrogen-bond acceptors (Lipinski definition) is 7. The Hall–Kier alpha value is -3.12. The van der Waals surface area contributed by atoms with Gasteiger partial charge >= 0.3 is 12.1 Å². The number of hydrogen-bond donors (Lipinski definition) is 2. The van der Waals surface area contributed by atoms with Crippen LogP contribution in [0.1, 0.15) is 54.6 Å². The first-order valence-electron chi connectivity index (χ1n) is 14.6. The van der Waals surface area contributed by atoms with Crippen molar-refractivity contribution in [3.63, 3.8) is 0 Å². The summed E-state index contributed by atoms with van der Waals surface area (Å²) in [4.78, 5) is 26.9. The van der Waals surface area contributed by atoms with Crippen LogP contribution in [0.4, 0.5) is 21.9 Å². The fourth-order valence-corrected chi connectivity index (χ4v) is 9.00. The van der Waals surface area contributed by atoms with Gasteiger partial charge in [0.2, 0.25) is 10.0 Å². The molecule has 1 atom stereocenters. The number of amides is 1. The number of carboxylic acids is 1. The van der Waals surface area contributed by atoms with Crippen LogP contribution in [0, 0.1) is 11.8 Å². The van der Waals surface area contributed by atoms with E-state index < -0.39 is 22.1 Å². The van der Waals surface area contributed by atoms with Crippen molar-refractivity contribution in [1.29, 1.82) is 0 Å². The van der Waals surface area contributed by atoms with Gasteiger partial charge in [-0.3, -0.25) is 5.32 Å². The molecule has 0 saturated heterocycles. The van der Waals surface area contributed by atoms with Gasteiger partial charge in [0.05, 0.1) is 23.0 Å². The van der Waals surface area contributed by atoms with E-state index >= 15 is 0 Å². The quantitative estimate of drug-likeness (QED) is 0.275. The number of nitrogens with one attached hydrogen (secondary N) is 1. The van der Waals surface area contributed by atoms with E-state index in [1.807, 2.05) is 35.2 Å². The van der Waals surface area contributed by atoms with Crippen LogP contribution in [0.15, 0.2) is 53.4 Å². The largest absolute Gasteiger partial charge is 0.477 e. The number of carbonyl (C=O) groups is 2. The topological polar surface area (TPSA) is 116 Å². The van der Waals surface area contributed by atoms with Gasteiger partial charge in [0.15, 0.2) is 0 Å². The first kappa shape index (κ1) is 29.9. The van der Waals surface area contributed by atoms with Crippen molar-refractivity contribution in [2.75, 3.05) is 30.4 Å². The number of nitrogens with zero attached hydrogens (tertiary/aromatic N) is 2. The Morgan fingerprint density at radius 2 is 1.79 bits per heavy atom. The summed E-state index contributed by atoms with van der Waals surface area (Å²) in [6.07, 6.45) is 6.56. The highest BCUT2D eigenvalue weighted by Crippen LogP contribution is 2.46. The lowest BCUT2D eigenvalue weighted by atomic mass is 9.83. The highest BCUT2D eigenvalue weighted by atomic mass is 35.5. The molecule has 0 unspecified atom stereocenters. The zero-order valence-corrected chi connectivity index (χ0v) is 26.2. The predicted molar refractivity (Wildman–Crippen MR) is 168 cm³/mol. The van der Waals surface area contributed by atoms with Gasteiger partial charge in [-0.25, -0.2) is 18.0 Å². The van der Waals surface area contributed by atoms with Crippen molar-refractivity contribution in [3.8, 4) is 10.4 Å². The maximum absolute atomic E-state index is 14.3. The Kier molecular flexibility index (Phi) is 8.43. The molecule has 0 radical (unpaired) electrons. The van der Waals surface area contributed by atoms with Crippen LogP contribution in [0.25, 0.3) is 10.4 Å². The average Bonchev–Trinajstić information content (AvgIpc) is 3.75. The number of anilines is 3. The third-order valence-electron chi connectivity index (χ3n) is 8.67. The summed E-state index contributed by atoms with van der Waals surface area (Å²) in [6.45, 7) is 0.763. The number of para-hydroxylation sites is 1. The molecule has 1 amide bonds. The second-order valence-electron chi connectivity index (χ2n) is 11.6. The third-order valence-corrected chi connectivity index (χ3v) is 12.1. The number of sulfonamides is 1. The van der Waals surface area contributed by atoms with Crippen molar-refractivity contribution in [2.45, 2.75) is 55.9 Å². The van der Waals surface area contributed by atoms with E-state index in [0.29, 0.717) is 28.6 Å². The molecule has 2 saturated carbocycles. The van der Waals surface area contributed by atoms with Crippen LogP contribution in [-0.2, 0) is 14.8 Å². The Morgan fingerprint density at radius 3 is 2.47 bits per heavy atom. The SMILES string of the molecule is CN1[C@H](C2CCCCC2)CN(c2ccccc2)c2cc(Cl)c(-c3cc(NC(=O)OCC4CC4)c(C(=O)O)s3)cc2S1(=O)=O. The number of rotatable bonds is 7. The number of aromatic carboxylic acids is 1. The highest BCUT2D eigenvalue weighted by Gasteiger charge is 2.41. The van der Waals surface area contributed by atoms with Gasteiger partial charge in [-0.2, -0.15) is 4.31 Å². The average molecular weight is 644 g/mol. The summed E-state index contributed by atoms with van der Waals surface area (Å²) in [7, 11) is -2.30. The Labute approximate surface area is 260 Å². The summed E-state index contributed by atoms with van der Waals surface area (Å²) in [5.74, 6) is -0.639. The van der Waals surface area contributed by atoms with E-state index in [9.17, 15) is 23.1 Å². The van der Waals surface area contributed by atoms with Crippen LogP contribution in [0.2, 0.25) is 5.02 Å². The Bertz CT molecular complexity index is 1630. The standard InChI is InChI=1S/C31H34ClN3O6S2/c1-34-26(20-8-4-2-5-9-20)17-35(21-10-6-3-7-11-21)25-15-23(32)22(14-28(25)43(34,39)40)27-16-24(29(42-27)30(36)37)33-31(38)41-18-19-12-13-19/h3,6-7,10-11,14-16,19-20,26H,2,4-5,8-9,12-13,17-18H2,1H3,(H,33,38)(H,36,37)/t26-/m0/s1. The van der Waals surface area contributed by atoms with Gasteiger partial charge in [-0.15, -0.1) is 11.3 Å². The summed E-state index contributed by atoms with van der Waals surface area (Å²) >= 11 is 7.78. The van der Waals surface area contributed by atoms with Crippen molar-refractivity contribution < 1.29 is 27.9 Å². The van der Waals surface area contributed by atoms with Gasteiger partial charge in [-0.05, 0) is 67.9 Å². The van der Waals surface area contributed by atoms with E-state index in [2.05, 4.69) is 5.32 Å². The van der Waals surface area contributed by atoms with Crippen LogP contribution in [0.5, 0.6) is 0 Å². The summed E-state index contributed by atoms with van der Waals surface area (Å²) in [5.41, 5.74) is 1.78. The molecule has 0 spiro atoms. The van der Waals surface area contributed by atoms with E-state index in [4.69, 9.17) is 16.3 Å².